The van der Waals surface area contributed by atoms with E-state index in [4.69, 9.17) is 0 Å². The van der Waals surface area contributed by atoms with Gasteiger partial charge in [-0.2, -0.15) is 0 Å². The summed E-state index contributed by atoms with van der Waals surface area (Å²) in [5.41, 5.74) is 2.08. The predicted molar refractivity (Wildman–Crippen MR) is 115 cm³/mol. The number of rotatable bonds is 4. The highest BCUT2D eigenvalue weighted by molar-refractivity contribution is 7.90. The lowest BCUT2D eigenvalue weighted by atomic mass is 9.79. The molecule has 158 valence electrons. The lowest BCUT2D eigenvalue weighted by Gasteiger charge is -2.26. The molecule has 2 heterocycles. The third kappa shape index (κ3) is 3.18. The molecule has 0 aliphatic heterocycles. The zero-order valence-electron chi connectivity index (χ0n) is 16.8. The van der Waals surface area contributed by atoms with Crippen molar-refractivity contribution in [1.82, 2.24) is 14.2 Å². The summed E-state index contributed by atoms with van der Waals surface area (Å²) in [4.78, 5) is 0.143. The van der Waals surface area contributed by atoms with Crippen molar-refractivity contribution in [3.8, 4) is 17.0 Å². The van der Waals surface area contributed by atoms with Crippen molar-refractivity contribution in [2.75, 3.05) is 0 Å². The fourth-order valence-electron chi connectivity index (χ4n) is 3.89. The van der Waals surface area contributed by atoms with Crippen LogP contribution in [0, 0.1) is 12.7 Å². The molecular formula is C23H20FN3O3S. The Balaban J connectivity index is 1.56. The van der Waals surface area contributed by atoms with Crippen LogP contribution < -0.4 is 0 Å². The van der Waals surface area contributed by atoms with Crippen LogP contribution in [0.15, 0.2) is 59.6 Å². The van der Waals surface area contributed by atoms with Crippen LogP contribution in [0.3, 0.4) is 0 Å². The molecule has 31 heavy (non-hydrogen) atoms. The molecule has 4 aromatic rings. The molecule has 5 rings (SSSR count). The van der Waals surface area contributed by atoms with E-state index in [-0.39, 0.29) is 33.5 Å². The van der Waals surface area contributed by atoms with E-state index in [1.165, 1.54) is 6.20 Å². The minimum Gasteiger partial charge on any atom is -0.505 e. The highest BCUT2D eigenvalue weighted by Crippen LogP contribution is 2.43. The Hall–Kier alpha value is -3.26. The molecule has 0 unspecified atom stereocenters. The number of halogens is 1. The molecule has 2 aromatic heterocycles. The summed E-state index contributed by atoms with van der Waals surface area (Å²) < 4.78 is 42.0. The zero-order chi connectivity index (χ0) is 21.8. The van der Waals surface area contributed by atoms with Gasteiger partial charge in [0, 0.05) is 22.7 Å². The molecule has 0 bridgehead atoms. The Labute approximate surface area is 179 Å². The van der Waals surface area contributed by atoms with Gasteiger partial charge in [-0.3, -0.25) is 0 Å². The molecule has 0 radical (unpaired) electrons. The summed E-state index contributed by atoms with van der Waals surface area (Å²) in [5, 5.41) is 19.0. The maximum absolute atomic E-state index is 14.9. The Morgan fingerprint density at radius 3 is 2.48 bits per heavy atom. The third-order valence-electron chi connectivity index (χ3n) is 5.95. The van der Waals surface area contributed by atoms with Crippen molar-refractivity contribution in [3.05, 3.63) is 71.7 Å². The number of fused-ring (bicyclic) bond motifs is 1. The highest BCUT2D eigenvalue weighted by Gasteiger charge is 2.26. The Kier molecular flexibility index (Phi) is 4.55. The van der Waals surface area contributed by atoms with E-state index in [0.717, 1.165) is 28.8 Å². The molecule has 1 aliphatic rings. The largest absolute Gasteiger partial charge is 0.505 e. The van der Waals surface area contributed by atoms with Gasteiger partial charge < -0.3 is 5.11 Å². The van der Waals surface area contributed by atoms with Crippen LogP contribution in [0.1, 0.15) is 36.3 Å². The van der Waals surface area contributed by atoms with Crippen molar-refractivity contribution in [2.24, 2.45) is 0 Å². The van der Waals surface area contributed by atoms with Crippen LogP contribution in [0.25, 0.3) is 22.3 Å². The van der Waals surface area contributed by atoms with Gasteiger partial charge in [0.2, 0.25) is 0 Å². The number of aromatic nitrogens is 3. The van der Waals surface area contributed by atoms with Gasteiger partial charge in [-0.25, -0.2) is 16.8 Å². The molecule has 2 aromatic carbocycles. The monoisotopic (exact) mass is 437 g/mol. The summed E-state index contributed by atoms with van der Waals surface area (Å²) in [6, 6.07) is 13.0. The number of aromatic hydroxyl groups is 1. The molecule has 0 atom stereocenters. The van der Waals surface area contributed by atoms with Gasteiger partial charge >= 0.3 is 0 Å². The Morgan fingerprint density at radius 1 is 1.06 bits per heavy atom. The van der Waals surface area contributed by atoms with Crippen molar-refractivity contribution in [3.63, 3.8) is 0 Å². The van der Waals surface area contributed by atoms with Crippen LogP contribution in [0.2, 0.25) is 0 Å². The van der Waals surface area contributed by atoms with Gasteiger partial charge in [0.25, 0.3) is 10.0 Å². The van der Waals surface area contributed by atoms with Gasteiger partial charge in [-0.05, 0) is 56.0 Å². The average molecular weight is 437 g/mol. The van der Waals surface area contributed by atoms with Crippen LogP contribution >= 0.6 is 0 Å². The summed E-state index contributed by atoms with van der Waals surface area (Å²) in [7, 11) is -3.84. The SMILES string of the molecule is Cc1ccc(S(=O)(=O)n2ccc3cc(-c4ccc(C5CCC5)c(O)c4F)nnc32)cc1. The predicted octanol–water partition coefficient (Wildman–Crippen LogP) is 4.76. The van der Waals surface area contributed by atoms with E-state index in [1.807, 2.05) is 6.92 Å². The van der Waals surface area contributed by atoms with E-state index in [0.29, 0.717) is 10.9 Å². The number of aryl methyl sites for hydroxylation is 1. The molecule has 1 saturated carbocycles. The second-order valence-corrected chi connectivity index (χ2v) is 9.75. The summed E-state index contributed by atoms with van der Waals surface area (Å²) >= 11 is 0. The second-order valence-electron chi connectivity index (χ2n) is 7.93. The maximum Gasteiger partial charge on any atom is 0.269 e. The number of hydrogen-bond acceptors (Lipinski definition) is 5. The molecule has 0 amide bonds. The first kappa shape index (κ1) is 19.7. The van der Waals surface area contributed by atoms with Gasteiger partial charge in [0.1, 0.15) is 0 Å². The zero-order valence-corrected chi connectivity index (χ0v) is 17.6. The van der Waals surface area contributed by atoms with E-state index in [2.05, 4.69) is 10.2 Å². The van der Waals surface area contributed by atoms with E-state index < -0.39 is 15.8 Å². The fraction of sp³-hybridized carbons (Fsp3) is 0.217. The van der Waals surface area contributed by atoms with Gasteiger partial charge in [-0.1, -0.05) is 30.2 Å². The van der Waals surface area contributed by atoms with Crippen molar-refractivity contribution < 1.29 is 17.9 Å². The van der Waals surface area contributed by atoms with Crippen molar-refractivity contribution >= 4 is 21.1 Å². The lowest BCUT2D eigenvalue weighted by Crippen LogP contribution is -2.12. The topological polar surface area (TPSA) is 85.1 Å². The van der Waals surface area contributed by atoms with E-state index >= 15 is 0 Å². The van der Waals surface area contributed by atoms with Crippen LogP contribution in [0.4, 0.5) is 4.39 Å². The number of hydrogen-bond donors (Lipinski definition) is 1. The van der Waals surface area contributed by atoms with Crippen LogP contribution in [-0.2, 0) is 10.0 Å². The number of phenols is 1. The standard InChI is InChI=1S/C23H20FN3O3S/c1-14-5-7-17(8-6-14)31(29,30)27-12-11-16-13-20(25-26-23(16)27)19-10-9-18(15-3-2-4-15)22(28)21(19)24/h5-13,15,28H,2-4H2,1H3. The lowest BCUT2D eigenvalue weighted by molar-refractivity contribution is 0.378. The first-order chi connectivity index (χ1) is 14.9. The number of nitrogens with zero attached hydrogens (tertiary/aromatic N) is 3. The van der Waals surface area contributed by atoms with E-state index in [9.17, 15) is 17.9 Å². The summed E-state index contributed by atoms with van der Waals surface area (Å²) in [6.45, 7) is 1.88. The van der Waals surface area contributed by atoms with Crippen molar-refractivity contribution in [1.29, 1.82) is 0 Å². The van der Waals surface area contributed by atoms with Crippen LogP contribution in [0.5, 0.6) is 5.75 Å². The maximum atomic E-state index is 14.9. The fourth-order valence-corrected chi connectivity index (χ4v) is 5.19. The molecule has 0 spiro atoms. The first-order valence-electron chi connectivity index (χ1n) is 10.0. The summed E-state index contributed by atoms with van der Waals surface area (Å²) in [5.74, 6) is -0.883. The second kappa shape index (κ2) is 7.16. The minimum atomic E-state index is -3.84. The molecule has 6 nitrogen and oxygen atoms in total. The first-order valence-corrected chi connectivity index (χ1v) is 11.5. The van der Waals surface area contributed by atoms with Crippen molar-refractivity contribution in [2.45, 2.75) is 37.0 Å². The Morgan fingerprint density at radius 2 is 1.81 bits per heavy atom. The van der Waals surface area contributed by atoms with Gasteiger partial charge in [0.05, 0.1) is 10.6 Å². The minimum absolute atomic E-state index is 0.129. The normalized spacial score (nSPS) is 14.6. The smallest absolute Gasteiger partial charge is 0.269 e. The molecule has 0 saturated heterocycles. The molecular weight excluding hydrogens is 417 g/mol. The Bertz CT molecular complexity index is 1410. The van der Waals surface area contributed by atoms with Gasteiger partial charge in [-0.15, -0.1) is 10.2 Å². The number of phenolic OH excluding ortho intramolecular Hbond substituents is 1. The molecule has 1 N–H and O–H groups in total. The molecule has 8 heteroatoms. The quantitative estimate of drug-likeness (QED) is 0.498. The third-order valence-corrected chi connectivity index (χ3v) is 7.63. The van der Waals surface area contributed by atoms with Crippen LogP contribution in [-0.4, -0.2) is 27.7 Å². The number of benzene rings is 2. The molecule has 1 aliphatic carbocycles. The average Bonchev–Trinajstić information content (AvgIpc) is 3.14. The highest BCUT2D eigenvalue weighted by atomic mass is 32.2. The van der Waals surface area contributed by atoms with Gasteiger partial charge in [0.15, 0.2) is 17.2 Å². The summed E-state index contributed by atoms with van der Waals surface area (Å²) in [6.07, 6.45) is 4.38. The van der Waals surface area contributed by atoms with E-state index in [1.54, 1.807) is 48.5 Å². The molecule has 1 fully saturated rings.